The maximum Gasteiger partial charge on any atom is 0.240 e. The van der Waals surface area contributed by atoms with Crippen molar-refractivity contribution < 1.29 is 13.9 Å². The van der Waals surface area contributed by atoms with Gasteiger partial charge in [-0.3, -0.25) is 9.69 Å². The van der Waals surface area contributed by atoms with Crippen LogP contribution in [0.5, 0.6) is 5.75 Å². The second-order valence-electron chi connectivity index (χ2n) is 9.46. The number of aromatic nitrogens is 1. The van der Waals surface area contributed by atoms with Crippen LogP contribution in [0, 0.1) is 5.82 Å². The SMILES string of the molecule is COc1ccc(C=NNC(=O)CCc2c[nH]c3ccccc23)cc1CN1CCN(c2ccc(F)cc2)CC1. The summed E-state index contributed by atoms with van der Waals surface area (Å²) in [6.07, 6.45) is 4.63. The molecule has 0 atom stereocenters. The van der Waals surface area contributed by atoms with Crippen molar-refractivity contribution in [3.8, 4) is 5.75 Å². The van der Waals surface area contributed by atoms with Gasteiger partial charge in [0.15, 0.2) is 0 Å². The van der Waals surface area contributed by atoms with E-state index in [1.165, 1.54) is 12.1 Å². The molecule has 3 aromatic carbocycles. The Hall–Kier alpha value is -4.17. The van der Waals surface area contributed by atoms with Crippen LogP contribution >= 0.6 is 0 Å². The van der Waals surface area contributed by atoms with Crippen molar-refractivity contribution in [3.63, 3.8) is 0 Å². The molecular weight excluding hydrogens is 481 g/mol. The fourth-order valence-electron chi connectivity index (χ4n) is 4.88. The number of methoxy groups -OCH3 is 1. The van der Waals surface area contributed by atoms with Gasteiger partial charge in [0.25, 0.3) is 0 Å². The number of hydrazone groups is 1. The lowest BCUT2D eigenvalue weighted by Crippen LogP contribution is -2.46. The number of hydrogen-bond acceptors (Lipinski definition) is 5. The number of halogens is 1. The molecule has 1 aliphatic heterocycles. The van der Waals surface area contributed by atoms with Crippen molar-refractivity contribution in [2.75, 3.05) is 38.2 Å². The summed E-state index contributed by atoms with van der Waals surface area (Å²) in [6.45, 7) is 4.29. The van der Waals surface area contributed by atoms with Gasteiger partial charge in [-0.1, -0.05) is 18.2 Å². The van der Waals surface area contributed by atoms with Crippen molar-refractivity contribution in [1.29, 1.82) is 0 Å². The molecule has 5 rings (SSSR count). The number of anilines is 1. The number of hydrogen-bond donors (Lipinski definition) is 2. The first kappa shape index (κ1) is 25.5. The standard InChI is InChI=1S/C30H32FN5O2/c1-38-29-12-6-22(19-33-34-30(37)13-7-23-20-32-28-5-3-2-4-27(23)28)18-24(29)21-35-14-16-36(17-15-35)26-10-8-25(31)9-11-26/h2-6,8-12,18-20,32H,7,13-17,21H2,1H3,(H,34,37). The van der Waals surface area contributed by atoms with E-state index in [4.69, 9.17) is 4.74 Å². The Balaban J connectivity index is 1.13. The minimum atomic E-state index is -0.215. The van der Waals surface area contributed by atoms with Crippen LogP contribution in [-0.4, -0.2) is 55.3 Å². The summed E-state index contributed by atoms with van der Waals surface area (Å²) in [6, 6.07) is 20.7. The highest BCUT2D eigenvalue weighted by Gasteiger charge is 2.19. The van der Waals surface area contributed by atoms with E-state index in [1.807, 2.05) is 54.7 Å². The second kappa shape index (κ2) is 11.9. The molecule has 4 aromatic rings. The largest absolute Gasteiger partial charge is 0.496 e. The highest BCUT2D eigenvalue weighted by atomic mass is 19.1. The number of fused-ring (bicyclic) bond motifs is 1. The van der Waals surface area contributed by atoms with E-state index in [2.05, 4.69) is 31.4 Å². The van der Waals surface area contributed by atoms with Crippen molar-refractivity contribution in [2.45, 2.75) is 19.4 Å². The van der Waals surface area contributed by atoms with E-state index in [-0.39, 0.29) is 11.7 Å². The van der Waals surface area contributed by atoms with E-state index in [0.29, 0.717) is 12.8 Å². The average Bonchev–Trinajstić information content (AvgIpc) is 3.36. The van der Waals surface area contributed by atoms with Crippen molar-refractivity contribution in [3.05, 3.63) is 95.4 Å². The van der Waals surface area contributed by atoms with Gasteiger partial charge in [-0.2, -0.15) is 5.10 Å². The topological polar surface area (TPSA) is 73.0 Å². The summed E-state index contributed by atoms with van der Waals surface area (Å²) >= 11 is 0. The molecule has 38 heavy (non-hydrogen) atoms. The maximum absolute atomic E-state index is 13.2. The highest BCUT2D eigenvalue weighted by molar-refractivity contribution is 5.85. The third kappa shape index (κ3) is 6.20. The third-order valence-corrected chi connectivity index (χ3v) is 6.96. The zero-order valence-corrected chi connectivity index (χ0v) is 21.5. The van der Waals surface area contributed by atoms with Crippen LogP contribution in [-0.2, 0) is 17.8 Å². The molecule has 0 aliphatic carbocycles. The van der Waals surface area contributed by atoms with Crippen LogP contribution in [0.15, 0.2) is 78.0 Å². The van der Waals surface area contributed by atoms with E-state index < -0.39 is 0 Å². The molecular formula is C30H32FN5O2. The van der Waals surface area contributed by atoms with Gasteiger partial charge in [0.1, 0.15) is 11.6 Å². The molecule has 0 unspecified atom stereocenters. The van der Waals surface area contributed by atoms with Crippen LogP contribution in [0.2, 0.25) is 0 Å². The van der Waals surface area contributed by atoms with Crippen molar-refractivity contribution >= 4 is 28.7 Å². The number of H-pyrrole nitrogens is 1. The molecule has 0 saturated carbocycles. The van der Waals surface area contributed by atoms with Crippen LogP contribution in [0.3, 0.4) is 0 Å². The number of aromatic amines is 1. The Kier molecular flexibility index (Phi) is 7.99. The molecule has 1 fully saturated rings. The van der Waals surface area contributed by atoms with Crippen LogP contribution in [0.4, 0.5) is 10.1 Å². The van der Waals surface area contributed by atoms with Crippen LogP contribution in [0.25, 0.3) is 10.9 Å². The van der Waals surface area contributed by atoms with E-state index in [0.717, 1.165) is 71.8 Å². The lowest BCUT2D eigenvalue weighted by Gasteiger charge is -2.36. The summed E-state index contributed by atoms with van der Waals surface area (Å²) in [5.41, 5.74) is 7.85. The molecule has 196 valence electrons. The monoisotopic (exact) mass is 513 g/mol. The Labute approximate surface area is 221 Å². The first-order valence-electron chi connectivity index (χ1n) is 12.9. The van der Waals surface area contributed by atoms with Gasteiger partial charge in [0.2, 0.25) is 5.91 Å². The molecule has 2 N–H and O–H groups in total. The Morgan fingerprint density at radius 3 is 2.63 bits per heavy atom. The minimum absolute atomic E-state index is 0.126. The number of nitrogens with zero attached hydrogens (tertiary/aromatic N) is 3. The summed E-state index contributed by atoms with van der Waals surface area (Å²) < 4.78 is 18.8. The molecule has 7 nitrogen and oxygen atoms in total. The number of carbonyl (C=O) groups is 1. The van der Waals surface area contributed by atoms with Gasteiger partial charge in [0, 0.05) is 67.5 Å². The molecule has 2 heterocycles. The Bertz CT molecular complexity index is 1410. The van der Waals surface area contributed by atoms with Gasteiger partial charge < -0.3 is 14.6 Å². The molecule has 1 aromatic heterocycles. The number of ether oxygens (including phenoxy) is 1. The third-order valence-electron chi connectivity index (χ3n) is 6.96. The second-order valence-corrected chi connectivity index (χ2v) is 9.46. The summed E-state index contributed by atoms with van der Waals surface area (Å²) in [7, 11) is 1.67. The predicted molar refractivity (Wildman–Crippen MR) is 149 cm³/mol. The zero-order valence-electron chi connectivity index (χ0n) is 21.5. The van der Waals surface area contributed by atoms with Crippen LogP contribution in [0.1, 0.15) is 23.1 Å². The van der Waals surface area contributed by atoms with Crippen molar-refractivity contribution in [2.24, 2.45) is 5.10 Å². The number of amides is 1. The van der Waals surface area contributed by atoms with Gasteiger partial charge in [-0.05, 0) is 66.1 Å². The lowest BCUT2D eigenvalue weighted by atomic mass is 10.1. The number of rotatable bonds is 9. The van der Waals surface area contributed by atoms with E-state index in [1.54, 1.807) is 13.3 Å². The number of aryl methyl sites for hydroxylation is 1. The van der Waals surface area contributed by atoms with Gasteiger partial charge in [0.05, 0.1) is 13.3 Å². The Morgan fingerprint density at radius 2 is 1.84 bits per heavy atom. The molecule has 0 radical (unpaired) electrons. The molecule has 1 amide bonds. The number of piperazine rings is 1. The van der Waals surface area contributed by atoms with Gasteiger partial charge in [-0.25, -0.2) is 9.82 Å². The predicted octanol–water partition coefficient (Wildman–Crippen LogP) is 4.72. The summed E-state index contributed by atoms with van der Waals surface area (Å²) in [4.78, 5) is 20.3. The van der Waals surface area contributed by atoms with E-state index >= 15 is 0 Å². The van der Waals surface area contributed by atoms with Gasteiger partial charge >= 0.3 is 0 Å². The van der Waals surface area contributed by atoms with Gasteiger partial charge in [-0.15, -0.1) is 0 Å². The number of carbonyl (C=O) groups excluding carboxylic acids is 1. The van der Waals surface area contributed by atoms with E-state index in [9.17, 15) is 9.18 Å². The smallest absolute Gasteiger partial charge is 0.240 e. The zero-order chi connectivity index (χ0) is 26.3. The molecule has 0 bridgehead atoms. The average molecular weight is 514 g/mol. The number of para-hydroxylation sites is 1. The highest BCUT2D eigenvalue weighted by Crippen LogP contribution is 2.23. The van der Waals surface area contributed by atoms with Crippen LogP contribution < -0.4 is 15.1 Å². The lowest BCUT2D eigenvalue weighted by molar-refractivity contribution is -0.121. The number of benzene rings is 3. The fourth-order valence-corrected chi connectivity index (χ4v) is 4.88. The quantitative estimate of drug-likeness (QED) is 0.251. The molecule has 1 aliphatic rings. The number of nitrogens with one attached hydrogen (secondary N) is 2. The molecule has 8 heteroatoms. The fraction of sp³-hybridized carbons (Fsp3) is 0.267. The molecule has 1 saturated heterocycles. The summed E-state index contributed by atoms with van der Waals surface area (Å²) in [5, 5.41) is 5.32. The molecule has 0 spiro atoms. The maximum atomic E-state index is 13.2. The normalized spacial score (nSPS) is 14.3. The van der Waals surface area contributed by atoms with Crippen molar-refractivity contribution in [1.82, 2.24) is 15.3 Å². The minimum Gasteiger partial charge on any atom is -0.496 e. The first-order chi connectivity index (χ1) is 18.6. The summed E-state index contributed by atoms with van der Waals surface area (Å²) in [5.74, 6) is 0.484. The first-order valence-corrected chi connectivity index (χ1v) is 12.9. The Morgan fingerprint density at radius 1 is 1.05 bits per heavy atom.